The van der Waals surface area contributed by atoms with Crippen molar-refractivity contribution >= 4 is 38.4 Å². The van der Waals surface area contributed by atoms with Gasteiger partial charge < -0.3 is 8.92 Å². The molecule has 0 saturated heterocycles. The number of carbonyl (C=O) groups is 2. The van der Waals surface area contributed by atoms with E-state index in [-0.39, 0.29) is 11.7 Å². The van der Waals surface area contributed by atoms with Crippen molar-refractivity contribution < 1.29 is 26.9 Å². The van der Waals surface area contributed by atoms with E-state index in [0.717, 1.165) is 16.7 Å². The molecule has 0 radical (unpaired) electrons. The third kappa shape index (κ3) is 3.79. The molecule has 0 atom stereocenters. The van der Waals surface area contributed by atoms with Crippen LogP contribution in [0.15, 0.2) is 66.9 Å². The van der Waals surface area contributed by atoms with Crippen LogP contribution in [0.25, 0.3) is 21.9 Å². The first-order chi connectivity index (χ1) is 16.7. The Morgan fingerprint density at radius 3 is 2.37 bits per heavy atom. The molecule has 1 aliphatic rings. The summed E-state index contributed by atoms with van der Waals surface area (Å²) in [6.45, 7) is 1.79. The van der Waals surface area contributed by atoms with Crippen molar-refractivity contribution in [3.8, 4) is 22.8 Å². The minimum absolute atomic E-state index is 0.113. The number of amides is 2. The Labute approximate surface area is 201 Å². The first kappa shape index (κ1) is 22.5. The number of aromatic nitrogens is 1. The van der Waals surface area contributed by atoms with Gasteiger partial charge in [-0.15, -0.1) is 0 Å². The molecule has 0 N–H and O–H groups in total. The van der Waals surface area contributed by atoms with Crippen LogP contribution in [0.2, 0.25) is 0 Å². The molecule has 2 amide bonds. The molecule has 2 heterocycles. The summed E-state index contributed by atoms with van der Waals surface area (Å²) in [6, 6.07) is 17.0. The van der Waals surface area contributed by atoms with E-state index in [1.807, 2.05) is 0 Å². The van der Waals surface area contributed by atoms with Gasteiger partial charge >= 0.3 is 10.1 Å². The SMILES string of the molecule is COc1ncc(-c2cccc(N3C(=O)c4cccc(C)c4C3=O)c2)c2c(OS(C)(=O)=O)cccc12. The van der Waals surface area contributed by atoms with Gasteiger partial charge in [0.1, 0.15) is 0 Å². The smallest absolute Gasteiger partial charge is 0.306 e. The Kier molecular flexibility index (Phi) is 5.29. The van der Waals surface area contributed by atoms with E-state index in [1.54, 1.807) is 73.8 Å². The lowest BCUT2D eigenvalue weighted by Gasteiger charge is -2.17. The van der Waals surface area contributed by atoms with Crippen LogP contribution in [0, 0.1) is 6.92 Å². The largest absolute Gasteiger partial charge is 0.481 e. The lowest BCUT2D eigenvalue weighted by Crippen LogP contribution is -2.29. The molecule has 0 spiro atoms. The molecule has 1 aromatic heterocycles. The summed E-state index contributed by atoms with van der Waals surface area (Å²) in [4.78, 5) is 31.8. The van der Waals surface area contributed by atoms with Crippen LogP contribution in [0.5, 0.6) is 11.6 Å². The monoisotopic (exact) mass is 488 g/mol. The molecule has 9 heteroatoms. The number of aryl methyl sites for hydroxylation is 1. The lowest BCUT2D eigenvalue weighted by molar-refractivity contribution is 0.0926. The van der Waals surface area contributed by atoms with Gasteiger partial charge in [-0.05, 0) is 48.4 Å². The van der Waals surface area contributed by atoms with Gasteiger partial charge in [-0.2, -0.15) is 8.42 Å². The molecule has 5 rings (SSSR count). The third-order valence-electron chi connectivity index (χ3n) is 5.81. The van der Waals surface area contributed by atoms with E-state index < -0.39 is 16.0 Å². The summed E-state index contributed by atoms with van der Waals surface area (Å²) in [5, 5.41) is 1.02. The number of carbonyl (C=O) groups excluding carboxylic acids is 2. The second-order valence-electron chi connectivity index (χ2n) is 8.14. The number of hydrogen-bond donors (Lipinski definition) is 0. The summed E-state index contributed by atoms with van der Waals surface area (Å²) >= 11 is 0. The fraction of sp³-hybridized carbons (Fsp3) is 0.115. The quantitative estimate of drug-likeness (QED) is 0.304. The number of fused-ring (bicyclic) bond motifs is 2. The number of pyridine rings is 1. The highest BCUT2D eigenvalue weighted by molar-refractivity contribution is 7.86. The van der Waals surface area contributed by atoms with Crippen molar-refractivity contribution in [2.24, 2.45) is 0 Å². The topological polar surface area (TPSA) is 103 Å². The zero-order valence-electron chi connectivity index (χ0n) is 19.1. The molecule has 0 saturated carbocycles. The van der Waals surface area contributed by atoms with E-state index >= 15 is 0 Å². The van der Waals surface area contributed by atoms with E-state index in [1.165, 1.54) is 7.11 Å². The normalized spacial score (nSPS) is 13.3. The van der Waals surface area contributed by atoms with Gasteiger partial charge in [0.05, 0.1) is 30.2 Å². The maximum absolute atomic E-state index is 13.2. The number of benzene rings is 3. The highest BCUT2D eigenvalue weighted by Gasteiger charge is 2.37. The van der Waals surface area contributed by atoms with Crippen molar-refractivity contribution in [1.82, 2.24) is 4.98 Å². The van der Waals surface area contributed by atoms with Crippen LogP contribution in [0.4, 0.5) is 5.69 Å². The Bertz CT molecular complexity index is 1650. The molecular weight excluding hydrogens is 468 g/mol. The summed E-state index contributed by atoms with van der Waals surface area (Å²) in [5.74, 6) is -0.374. The first-order valence-electron chi connectivity index (χ1n) is 10.6. The highest BCUT2D eigenvalue weighted by atomic mass is 32.2. The summed E-state index contributed by atoms with van der Waals surface area (Å²) in [7, 11) is -2.35. The Morgan fingerprint density at radius 2 is 1.66 bits per heavy atom. The maximum atomic E-state index is 13.2. The molecule has 3 aromatic carbocycles. The van der Waals surface area contributed by atoms with Gasteiger partial charge in [-0.3, -0.25) is 9.59 Å². The van der Waals surface area contributed by atoms with Gasteiger partial charge in [-0.25, -0.2) is 9.88 Å². The van der Waals surface area contributed by atoms with Crippen LogP contribution in [-0.4, -0.2) is 38.6 Å². The van der Waals surface area contributed by atoms with Crippen molar-refractivity contribution in [3.63, 3.8) is 0 Å². The number of imide groups is 1. The van der Waals surface area contributed by atoms with Crippen LogP contribution < -0.4 is 13.8 Å². The number of ether oxygens (including phenoxy) is 1. The summed E-state index contributed by atoms with van der Waals surface area (Å²) in [6.07, 6.45) is 2.51. The Hall–Kier alpha value is -4.24. The molecule has 1 aliphatic heterocycles. The van der Waals surface area contributed by atoms with Gasteiger partial charge in [-0.1, -0.05) is 30.3 Å². The maximum Gasteiger partial charge on any atom is 0.306 e. The van der Waals surface area contributed by atoms with E-state index in [4.69, 9.17) is 8.92 Å². The van der Waals surface area contributed by atoms with Crippen LogP contribution in [0.1, 0.15) is 26.3 Å². The van der Waals surface area contributed by atoms with Crippen LogP contribution >= 0.6 is 0 Å². The number of anilines is 1. The van der Waals surface area contributed by atoms with Gasteiger partial charge in [0, 0.05) is 22.5 Å². The van der Waals surface area contributed by atoms with Crippen LogP contribution in [0.3, 0.4) is 0 Å². The fourth-order valence-corrected chi connectivity index (χ4v) is 4.82. The average Bonchev–Trinajstić information content (AvgIpc) is 3.08. The zero-order chi connectivity index (χ0) is 24.9. The van der Waals surface area contributed by atoms with E-state index in [0.29, 0.717) is 44.6 Å². The van der Waals surface area contributed by atoms with Gasteiger partial charge in [0.25, 0.3) is 11.8 Å². The third-order valence-corrected chi connectivity index (χ3v) is 6.29. The number of nitrogens with zero attached hydrogens (tertiary/aromatic N) is 2. The van der Waals surface area contributed by atoms with Gasteiger partial charge in [0.15, 0.2) is 5.75 Å². The van der Waals surface area contributed by atoms with Crippen molar-refractivity contribution in [1.29, 1.82) is 0 Å². The van der Waals surface area contributed by atoms with E-state index in [2.05, 4.69) is 4.98 Å². The van der Waals surface area contributed by atoms with Crippen molar-refractivity contribution in [3.05, 3.63) is 83.6 Å². The van der Waals surface area contributed by atoms with Gasteiger partial charge in [0.2, 0.25) is 5.88 Å². The first-order valence-corrected chi connectivity index (χ1v) is 12.5. The fourth-order valence-electron chi connectivity index (χ4n) is 4.36. The standard InChI is InChI=1S/C26H20N2O6S/c1-15-7-4-11-19-22(15)26(30)28(25(19)29)17-9-5-8-16(13-17)20-14-27-24(33-2)18-10-6-12-21(23(18)20)34-35(3,31)32/h4-14H,1-3H3. The molecule has 0 bridgehead atoms. The second kappa shape index (κ2) is 8.21. The molecule has 0 unspecified atom stereocenters. The minimum atomic E-state index is -3.82. The predicted molar refractivity (Wildman–Crippen MR) is 132 cm³/mol. The summed E-state index contributed by atoms with van der Waals surface area (Å²) < 4.78 is 34.5. The molecule has 4 aromatic rings. The molecule has 8 nitrogen and oxygen atoms in total. The number of hydrogen-bond acceptors (Lipinski definition) is 7. The van der Waals surface area contributed by atoms with Crippen molar-refractivity contribution in [2.75, 3.05) is 18.3 Å². The highest BCUT2D eigenvalue weighted by Crippen LogP contribution is 2.40. The Balaban J connectivity index is 1.69. The number of rotatable bonds is 5. The second-order valence-corrected chi connectivity index (χ2v) is 9.72. The molecular formula is C26H20N2O6S. The van der Waals surface area contributed by atoms with Crippen LogP contribution in [-0.2, 0) is 10.1 Å². The zero-order valence-corrected chi connectivity index (χ0v) is 19.9. The molecule has 0 aliphatic carbocycles. The van der Waals surface area contributed by atoms with E-state index in [9.17, 15) is 18.0 Å². The van der Waals surface area contributed by atoms with Crippen molar-refractivity contribution in [2.45, 2.75) is 6.92 Å². The molecule has 176 valence electrons. The Morgan fingerprint density at radius 1 is 0.914 bits per heavy atom. The summed E-state index contributed by atoms with van der Waals surface area (Å²) in [5.41, 5.74) is 3.03. The minimum Gasteiger partial charge on any atom is -0.481 e. The average molecular weight is 489 g/mol. The molecule has 0 fully saturated rings. The molecule has 35 heavy (non-hydrogen) atoms. The lowest BCUT2D eigenvalue weighted by atomic mass is 9.99. The number of methoxy groups -OCH3 is 1. The predicted octanol–water partition coefficient (Wildman–Crippen LogP) is 4.36.